The van der Waals surface area contributed by atoms with Crippen LogP contribution in [-0.2, 0) is 4.79 Å². The Morgan fingerprint density at radius 3 is 2.47 bits per heavy atom. The Morgan fingerprint density at radius 2 is 1.84 bits per heavy atom. The zero-order valence-electron chi connectivity index (χ0n) is 13.1. The quantitative estimate of drug-likeness (QED) is 0.768. The molecular weight excluding hydrogens is 234 g/mol. The van der Waals surface area contributed by atoms with Crippen LogP contribution in [0.5, 0.6) is 0 Å². The second-order valence-corrected chi connectivity index (χ2v) is 7.73. The van der Waals surface area contributed by atoms with Gasteiger partial charge in [0.1, 0.15) is 5.78 Å². The summed E-state index contributed by atoms with van der Waals surface area (Å²) in [4.78, 5) is 14.9. The van der Waals surface area contributed by atoms with Crippen LogP contribution < -0.4 is 0 Å². The second kappa shape index (κ2) is 6.39. The van der Waals surface area contributed by atoms with Crippen LogP contribution in [0, 0.1) is 17.3 Å². The predicted molar refractivity (Wildman–Crippen MR) is 80.2 cm³/mol. The molecule has 0 aromatic rings. The Kier molecular flexibility index (Phi) is 5.05. The number of rotatable bonds is 4. The Balaban J connectivity index is 1.78. The lowest BCUT2D eigenvalue weighted by molar-refractivity contribution is -0.126. The number of likely N-dealkylation sites (tertiary alicyclic amines) is 1. The van der Waals surface area contributed by atoms with Crippen LogP contribution in [0.2, 0.25) is 0 Å². The summed E-state index contributed by atoms with van der Waals surface area (Å²) in [6, 6.07) is 0. The molecule has 2 rings (SSSR count). The van der Waals surface area contributed by atoms with Crippen LogP contribution >= 0.6 is 0 Å². The third-order valence-corrected chi connectivity index (χ3v) is 4.97. The van der Waals surface area contributed by atoms with Gasteiger partial charge in [0.05, 0.1) is 0 Å². The molecule has 1 heterocycles. The van der Waals surface area contributed by atoms with Crippen LogP contribution in [-0.4, -0.2) is 30.3 Å². The Labute approximate surface area is 118 Å². The van der Waals surface area contributed by atoms with E-state index >= 15 is 0 Å². The molecule has 0 spiro atoms. The Bertz CT molecular complexity index is 304. The van der Waals surface area contributed by atoms with Crippen LogP contribution in [0.1, 0.15) is 65.7 Å². The molecule has 0 aromatic heterocycles. The first-order valence-corrected chi connectivity index (χ1v) is 8.21. The molecule has 0 N–H and O–H groups in total. The summed E-state index contributed by atoms with van der Waals surface area (Å²) < 4.78 is 0. The van der Waals surface area contributed by atoms with Gasteiger partial charge in [-0.1, -0.05) is 27.2 Å². The number of ketones is 1. The summed E-state index contributed by atoms with van der Waals surface area (Å²) in [5.74, 6) is 1.58. The van der Waals surface area contributed by atoms with Gasteiger partial charge in [-0.15, -0.1) is 0 Å². The van der Waals surface area contributed by atoms with Crippen LogP contribution in [0.15, 0.2) is 0 Å². The van der Waals surface area contributed by atoms with Gasteiger partial charge in [-0.25, -0.2) is 0 Å². The predicted octanol–water partition coefficient (Wildman–Crippen LogP) is 3.89. The van der Waals surface area contributed by atoms with Gasteiger partial charge in [0.25, 0.3) is 0 Å². The van der Waals surface area contributed by atoms with Gasteiger partial charge < -0.3 is 4.90 Å². The zero-order valence-corrected chi connectivity index (χ0v) is 13.1. The van der Waals surface area contributed by atoms with Gasteiger partial charge in [0, 0.05) is 18.9 Å². The average Bonchev–Trinajstić information content (AvgIpc) is 2.34. The average molecular weight is 265 g/mol. The molecule has 1 saturated heterocycles. The van der Waals surface area contributed by atoms with Crippen molar-refractivity contribution in [3.63, 3.8) is 0 Å². The van der Waals surface area contributed by atoms with Crippen molar-refractivity contribution in [3.05, 3.63) is 0 Å². The number of hydrogen-bond donors (Lipinski definition) is 0. The van der Waals surface area contributed by atoms with Crippen LogP contribution in [0.4, 0.5) is 0 Å². The molecule has 2 nitrogen and oxygen atoms in total. The molecule has 2 fully saturated rings. The first-order chi connectivity index (χ1) is 8.96. The van der Waals surface area contributed by atoms with Crippen LogP contribution in [0.25, 0.3) is 0 Å². The van der Waals surface area contributed by atoms with E-state index in [0.29, 0.717) is 23.0 Å². The lowest BCUT2D eigenvalue weighted by Crippen LogP contribution is -2.35. The summed E-state index contributed by atoms with van der Waals surface area (Å²) >= 11 is 0. The summed E-state index contributed by atoms with van der Waals surface area (Å²) in [6.45, 7) is 10.4. The molecule has 1 aliphatic heterocycles. The molecule has 1 saturated carbocycles. The largest absolute Gasteiger partial charge is 0.303 e. The van der Waals surface area contributed by atoms with E-state index in [4.69, 9.17) is 0 Å². The van der Waals surface area contributed by atoms with Crippen molar-refractivity contribution in [1.29, 1.82) is 0 Å². The van der Waals surface area contributed by atoms with Gasteiger partial charge in [0.15, 0.2) is 0 Å². The minimum absolute atomic E-state index is 0.337. The third-order valence-electron chi connectivity index (χ3n) is 4.97. The highest BCUT2D eigenvalue weighted by molar-refractivity contribution is 5.81. The smallest absolute Gasteiger partial charge is 0.137 e. The molecule has 0 aromatic carbocycles. The molecule has 2 atom stereocenters. The fourth-order valence-corrected chi connectivity index (χ4v) is 4.25. The first-order valence-electron chi connectivity index (χ1n) is 8.21. The second-order valence-electron chi connectivity index (χ2n) is 7.73. The van der Waals surface area contributed by atoms with Gasteiger partial charge in [-0.2, -0.15) is 0 Å². The fraction of sp³-hybridized carbons (Fsp3) is 0.941. The van der Waals surface area contributed by atoms with E-state index in [9.17, 15) is 4.79 Å². The van der Waals surface area contributed by atoms with E-state index in [0.717, 1.165) is 25.8 Å². The zero-order chi connectivity index (χ0) is 13.9. The van der Waals surface area contributed by atoms with Crippen molar-refractivity contribution in [2.24, 2.45) is 17.3 Å². The van der Waals surface area contributed by atoms with Crippen molar-refractivity contribution in [1.82, 2.24) is 4.90 Å². The molecule has 0 amide bonds. The van der Waals surface area contributed by atoms with E-state index < -0.39 is 0 Å². The first kappa shape index (κ1) is 15.0. The molecule has 0 bridgehead atoms. The maximum absolute atomic E-state index is 12.4. The maximum atomic E-state index is 12.4. The lowest BCUT2D eigenvalue weighted by Gasteiger charge is -2.38. The van der Waals surface area contributed by atoms with E-state index in [2.05, 4.69) is 25.7 Å². The number of nitrogens with zero attached hydrogens (tertiary/aromatic N) is 1. The van der Waals surface area contributed by atoms with Crippen molar-refractivity contribution >= 4 is 5.78 Å². The van der Waals surface area contributed by atoms with Crippen molar-refractivity contribution in [3.8, 4) is 0 Å². The number of hydrogen-bond acceptors (Lipinski definition) is 2. The monoisotopic (exact) mass is 265 g/mol. The van der Waals surface area contributed by atoms with Gasteiger partial charge in [0.2, 0.25) is 0 Å². The van der Waals surface area contributed by atoms with E-state index in [1.807, 2.05) is 0 Å². The van der Waals surface area contributed by atoms with E-state index in [-0.39, 0.29) is 0 Å². The number of carbonyl (C=O) groups excluding carboxylic acids is 1. The topological polar surface area (TPSA) is 20.3 Å². The lowest BCUT2D eigenvalue weighted by atomic mass is 9.66. The molecule has 0 radical (unpaired) electrons. The van der Waals surface area contributed by atoms with Crippen molar-refractivity contribution < 1.29 is 4.79 Å². The third kappa shape index (κ3) is 4.59. The molecule has 19 heavy (non-hydrogen) atoms. The minimum Gasteiger partial charge on any atom is -0.303 e. The molecule has 1 aliphatic carbocycles. The van der Waals surface area contributed by atoms with E-state index in [1.165, 1.54) is 38.8 Å². The number of Topliss-reactive ketones (excluding diaryl/α,β-unsaturated/α-hetero) is 1. The SMILES string of the molecule is CC1CC(C(=O)CCN2CCCCC2)CC(C)(C)C1. The molecule has 110 valence electrons. The highest BCUT2D eigenvalue weighted by Gasteiger charge is 2.35. The maximum Gasteiger partial charge on any atom is 0.137 e. The summed E-state index contributed by atoms with van der Waals surface area (Å²) in [6.07, 6.45) is 8.32. The minimum atomic E-state index is 0.337. The van der Waals surface area contributed by atoms with Gasteiger partial charge >= 0.3 is 0 Å². The summed E-state index contributed by atoms with van der Waals surface area (Å²) in [5.41, 5.74) is 0.364. The van der Waals surface area contributed by atoms with E-state index in [1.54, 1.807) is 0 Å². The summed E-state index contributed by atoms with van der Waals surface area (Å²) in [5, 5.41) is 0. The highest BCUT2D eigenvalue weighted by Crippen LogP contribution is 2.42. The standard InChI is InChI=1S/C17H31NO/c1-14-11-15(13-17(2,3)12-14)16(19)7-10-18-8-5-4-6-9-18/h14-15H,4-13H2,1-3H3. The Morgan fingerprint density at radius 1 is 1.16 bits per heavy atom. The molecular formula is C17H31NO. The Hall–Kier alpha value is -0.370. The molecule has 2 unspecified atom stereocenters. The van der Waals surface area contributed by atoms with Gasteiger partial charge in [-0.05, 0) is 56.5 Å². The van der Waals surface area contributed by atoms with Crippen LogP contribution in [0.3, 0.4) is 0 Å². The highest BCUT2D eigenvalue weighted by atomic mass is 16.1. The normalized spacial score (nSPS) is 32.2. The van der Waals surface area contributed by atoms with Crippen molar-refractivity contribution in [2.75, 3.05) is 19.6 Å². The molecule has 2 heteroatoms. The van der Waals surface area contributed by atoms with Crippen molar-refractivity contribution in [2.45, 2.75) is 65.7 Å². The fourth-order valence-electron chi connectivity index (χ4n) is 4.25. The molecule has 2 aliphatic rings. The summed E-state index contributed by atoms with van der Waals surface area (Å²) in [7, 11) is 0. The number of carbonyl (C=O) groups is 1. The van der Waals surface area contributed by atoms with Gasteiger partial charge in [-0.3, -0.25) is 4.79 Å². The number of piperidine rings is 1.